The van der Waals surface area contributed by atoms with Crippen molar-refractivity contribution in [2.75, 3.05) is 26.2 Å². The molecule has 98 valence electrons. The number of aliphatic carboxylic acids is 1. The van der Waals surface area contributed by atoms with E-state index in [-0.39, 0.29) is 25.5 Å². The van der Waals surface area contributed by atoms with Gasteiger partial charge < -0.3 is 15.3 Å². The number of hydrogen-bond donors (Lipinski definition) is 2. The molecule has 7 nitrogen and oxygen atoms in total. The van der Waals surface area contributed by atoms with E-state index in [2.05, 4.69) is 11.2 Å². The molecule has 2 N–H and O–H groups in total. The molecule has 1 saturated heterocycles. The molecule has 1 aliphatic heterocycles. The van der Waals surface area contributed by atoms with Gasteiger partial charge in [0, 0.05) is 13.1 Å². The van der Waals surface area contributed by atoms with Crippen LogP contribution in [0.4, 0.5) is 4.79 Å². The number of carbonyl (C=O) groups is 3. The summed E-state index contributed by atoms with van der Waals surface area (Å²) in [5, 5.41) is 11.4. The van der Waals surface area contributed by atoms with Crippen LogP contribution in [0.15, 0.2) is 0 Å². The van der Waals surface area contributed by atoms with Crippen molar-refractivity contribution in [2.24, 2.45) is 0 Å². The monoisotopic (exact) mass is 253 g/mol. The van der Waals surface area contributed by atoms with Crippen molar-refractivity contribution in [1.29, 1.82) is 0 Å². The third kappa shape index (κ3) is 2.91. The quantitative estimate of drug-likeness (QED) is 0.628. The SMILES string of the molecule is C#CCN(CC)C(=O)N1CC(=O)NCC1C(=O)O. The zero-order chi connectivity index (χ0) is 13.7. The van der Waals surface area contributed by atoms with Crippen LogP contribution in [-0.2, 0) is 9.59 Å². The zero-order valence-electron chi connectivity index (χ0n) is 10.0. The van der Waals surface area contributed by atoms with E-state index >= 15 is 0 Å². The van der Waals surface area contributed by atoms with Gasteiger partial charge in [0.15, 0.2) is 0 Å². The molecule has 7 heteroatoms. The third-order valence-corrected chi connectivity index (χ3v) is 2.65. The smallest absolute Gasteiger partial charge is 0.328 e. The average molecular weight is 253 g/mol. The summed E-state index contributed by atoms with van der Waals surface area (Å²) in [5.41, 5.74) is 0. The third-order valence-electron chi connectivity index (χ3n) is 2.65. The van der Waals surface area contributed by atoms with Crippen LogP contribution in [0.2, 0.25) is 0 Å². The summed E-state index contributed by atoms with van der Waals surface area (Å²) in [5.74, 6) is 0.795. The number of carboxylic acids is 1. The van der Waals surface area contributed by atoms with Crippen LogP contribution < -0.4 is 5.32 Å². The molecule has 0 aliphatic carbocycles. The van der Waals surface area contributed by atoms with E-state index in [4.69, 9.17) is 11.5 Å². The fourth-order valence-corrected chi connectivity index (χ4v) is 1.67. The Bertz CT molecular complexity index is 402. The molecule has 1 unspecified atom stereocenters. The lowest BCUT2D eigenvalue weighted by molar-refractivity contribution is -0.144. The van der Waals surface area contributed by atoms with E-state index in [1.165, 1.54) is 4.90 Å². The van der Waals surface area contributed by atoms with Crippen molar-refractivity contribution >= 4 is 17.9 Å². The summed E-state index contributed by atoms with van der Waals surface area (Å²) < 4.78 is 0. The van der Waals surface area contributed by atoms with E-state index in [0.717, 1.165) is 4.90 Å². The molecule has 0 spiro atoms. The van der Waals surface area contributed by atoms with Crippen molar-refractivity contribution in [1.82, 2.24) is 15.1 Å². The number of hydrogen-bond acceptors (Lipinski definition) is 3. The number of urea groups is 1. The van der Waals surface area contributed by atoms with Crippen molar-refractivity contribution < 1.29 is 19.5 Å². The molecule has 0 aromatic carbocycles. The fourth-order valence-electron chi connectivity index (χ4n) is 1.67. The van der Waals surface area contributed by atoms with Gasteiger partial charge in [-0.15, -0.1) is 6.42 Å². The standard InChI is InChI=1S/C11H15N3O4/c1-3-5-13(4-2)11(18)14-7-9(15)12-6-8(14)10(16)17/h1,8H,4-7H2,2H3,(H,12,15)(H,16,17). The summed E-state index contributed by atoms with van der Waals surface area (Å²) in [7, 11) is 0. The van der Waals surface area contributed by atoms with Crippen LogP contribution >= 0.6 is 0 Å². The van der Waals surface area contributed by atoms with Gasteiger partial charge in [0.2, 0.25) is 5.91 Å². The molecule has 1 aliphatic rings. The van der Waals surface area contributed by atoms with Gasteiger partial charge >= 0.3 is 12.0 Å². The molecule has 3 amide bonds. The van der Waals surface area contributed by atoms with Crippen molar-refractivity contribution in [3.63, 3.8) is 0 Å². The Hall–Kier alpha value is -2.23. The van der Waals surface area contributed by atoms with E-state index in [0.29, 0.717) is 6.54 Å². The Balaban J connectivity index is 2.87. The van der Waals surface area contributed by atoms with E-state index < -0.39 is 18.0 Å². The zero-order valence-corrected chi connectivity index (χ0v) is 10.0. The van der Waals surface area contributed by atoms with Crippen molar-refractivity contribution in [3.05, 3.63) is 0 Å². The lowest BCUT2D eigenvalue weighted by Gasteiger charge is -2.35. The maximum atomic E-state index is 12.1. The van der Waals surface area contributed by atoms with Gasteiger partial charge in [0.05, 0.1) is 6.54 Å². The Morgan fingerprint density at radius 2 is 2.33 bits per heavy atom. The Morgan fingerprint density at radius 3 is 2.83 bits per heavy atom. The number of terminal acetylenes is 1. The highest BCUT2D eigenvalue weighted by atomic mass is 16.4. The highest BCUT2D eigenvalue weighted by Gasteiger charge is 2.36. The predicted molar refractivity (Wildman–Crippen MR) is 62.6 cm³/mol. The molecule has 0 aromatic rings. The molecule has 0 aromatic heterocycles. The number of amides is 3. The van der Waals surface area contributed by atoms with E-state index in [1.807, 2.05) is 0 Å². The van der Waals surface area contributed by atoms with Crippen molar-refractivity contribution in [3.8, 4) is 12.3 Å². The molecule has 1 atom stereocenters. The van der Waals surface area contributed by atoms with Crippen LogP contribution in [0.3, 0.4) is 0 Å². The number of carbonyl (C=O) groups excluding carboxylic acids is 2. The minimum Gasteiger partial charge on any atom is -0.480 e. The first-order valence-corrected chi connectivity index (χ1v) is 5.49. The van der Waals surface area contributed by atoms with Crippen molar-refractivity contribution in [2.45, 2.75) is 13.0 Å². The summed E-state index contributed by atoms with van der Waals surface area (Å²) in [6.45, 7) is 1.81. The normalized spacial score (nSPS) is 18.8. The number of piperazine rings is 1. The molecule has 18 heavy (non-hydrogen) atoms. The summed E-state index contributed by atoms with van der Waals surface area (Å²) >= 11 is 0. The lowest BCUT2D eigenvalue weighted by Crippen LogP contribution is -2.61. The molecule has 0 radical (unpaired) electrons. The van der Waals surface area contributed by atoms with Crippen LogP contribution in [0.1, 0.15) is 6.92 Å². The second kappa shape index (κ2) is 5.91. The second-order valence-corrected chi connectivity index (χ2v) is 3.79. The minimum absolute atomic E-state index is 0.0831. The van der Waals surface area contributed by atoms with Crippen LogP contribution in [0, 0.1) is 12.3 Å². The van der Waals surface area contributed by atoms with Gasteiger partial charge in [0.25, 0.3) is 0 Å². The van der Waals surface area contributed by atoms with Gasteiger partial charge in [0.1, 0.15) is 12.6 Å². The first-order chi connectivity index (χ1) is 8.51. The first-order valence-electron chi connectivity index (χ1n) is 5.49. The fraction of sp³-hybridized carbons (Fsp3) is 0.545. The van der Waals surface area contributed by atoms with Gasteiger partial charge in [-0.25, -0.2) is 9.59 Å². The van der Waals surface area contributed by atoms with Gasteiger partial charge in [-0.3, -0.25) is 9.69 Å². The second-order valence-electron chi connectivity index (χ2n) is 3.79. The molecule has 1 fully saturated rings. The number of rotatable bonds is 3. The summed E-state index contributed by atoms with van der Waals surface area (Å²) in [6, 6.07) is -1.58. The lowest BCUT2D eigenvalue weighted by atomic mass is 10.2. The Labute approximate surface area is 105 Å². The number of nitrogens with zero attached hydrogens (tertiary/aromatic N) is 2. The Morgan fingerprint density at radius 1 is 1.67 bits per heavy atom. The summed E-state index contributed by atoms with van der Waals surface area (Å²) in [6.07, 6.45) is 5.14. The highest BCUT2D eigenvalue weighted by Crippen LogP contribution is 2.08. The molecular weight excluding hydrogens is 238 g/mol. The highest BCUT2D eigenvalue weighted by molar-refractivity contribution is 5.90. The maximum absolute atomic E-state index is 12.1. The minimum atomic E-state index is -1.15. The van der Waals surface area contributed by atoms with Gasteiger partial charge in [-0.05, 0) is 6.92 Å². The van der Waals surface area contributed by atoms with E-state index in [1.54, 1.807) is 6.92 Å². The molecular formula is C11H15N3O4. The predicted octanol–water partition coefficient (Wildman–Crippen LogP) is -1.05. The molecule has 0 bridgehead atoms. The molecule has 1 heterocycles. The van der Waals surface area contributed by atoms with Gasteiger partial charge in [-0.1, -0.05) is 5.92 Å². The van der Waals surface area contributed by atoms with Crippen LogP contribution in [0.25, 0.3) is 0 Å². The van der Waals surface area contributed by atoms with Gasteiger partial charge in [-0.2, -0.15) is 0 Å². The van der Waals surface area contributed by atoms with Crippen LogP contribution in [-0.4, -0.2) is 65.0 Å². The van der Waals surface area contributed by atoms with Crippen LogP contribution in [0.5, 0.6) is 0 Å². The topological polar surface area (TPSA) is 90.0 Å². The number of carboxylic acid groups (broad SMARTS) is 1. The van der Waals surface area contributed by atoms with E-state index in [9.17, 15) is 14.4 Å². The number of nitrogens with one attached hydrogen (secondary N) is 1. The summed E-state index contributed by atoms with van der Waals surface area (Å²) in [4.78, 5) is 36.7. The first kappa shape index (κ1) is 13.8. The average Bonchev–Trinajstić information content (AvgIpc) is 2.34. The maximum Gasteiger partial charge on any atom is 0.328 e. The Kier molecular flexibility index (Phi) is 4.54. The molecule has 0 saturated carbocycles. The largest absolute Gasteiger partial charge is 0.480 e. The molecule has 1 rings (SSSR count).